The van der Waals surface area contributed by atoms with E-state index in [1.807, 2.05) is 39.0 Å². The highest BCUT2D eigenvalue weighted by Crippen LogP contribution is 2.20. The van der Waals surface area contributed by atoms with Crippen LogP contribution >= 0.6 is 0 Å². The molecule has 1 aromatic heterocycles. The van der Waals surface area contributed by atoms with Crippen molar-refractivity contribution in [2.24, 2.45) is 5.92 Å². The van der Waals surface area contributed by atoms with Crippen LogP contribution in [0.3, 0.4) is 0 Å². The molecule has 1 amide bonds. The Balaban J connectivity index is 0.000000335. The molecule has 1 aromatic rings. The highest BCUT2D eigenvalue weighted by Gasteiger charge is 2.33. The summed E-state index contributed by atoms with van der Waals surface area (Å²) in [6.07, 6.45) is 3.78. The van der Waals surface area contributed by atoms with Gasteiger partial charge in [0.25, 0.3) is 0 Å². The summed E-state index contributed by atoms with van der Waals surface area (Å²) in [7, 11) is 1.36. The Morgan fingerprint density at radius 2 is 1.82 bits per heavy atom. The Morgan fingerprint density at radius 1 is 1.18 bits per heavy atom. The molecule has 6 nitrogen and oxygen atoms in total. The molecule has 1 atom stereocenters. The molecular formula is C16H24N2O4. The molecule has 122 valence electrons. The molecule has 0 radical (unpaired) electrons. The number of esters is 1. The predicted molar refractivity (Wildman–Crippen MR) is 82.2 cm³/mol. The molecule has 1 fully saturated rings. The first-order valence-electron chi connectivity index (χ1n) is 7.24. The molecular weight excluding hydrogens is 284 g/mol. The van der Waals surface area contributed by atoms with Crippen molar-refractivity contribution in [3.05, 3.63) is 30.6 Å². The van der Waals surface area contributed by atoms with Gasteiger partial charge in [0.15, 0.2) is 0 Å². The number of hydrogen-bond acceptors (Lipinski definition) is 5. The molecule has 0 saturated carbocycles. The highest BCUT2D eigenvalue weighted by molar-refractivity contribution is 5.75. The molecule has 0 aliphatic carbocycles. The maximum absolute atomic E-state index is 11.7. The van der Waals surface area contributed by atoms with Gasteiger partial charge in [-0.3, -0.25) is 9.78 Å². The van der Waals surface area contributed by atoms with Crippen molar-refractivity contribution >= 4 is 12.1 Å². The fourth-order valence-corrected chi connectivity index (χ4v) is 1.92. The molecule has 1 aliphatic heterocycles. The zero-order valence-corrected chi connectivity index (χ0v) is 13.6. The van der Waals surface area contributed by atoms with Crippen LogP contribution in [0.1, 0.15) is 27.2 Å². The van der Waals surface area contributed by atoms with Crippen molar-refractivity contribution < 1.29 is 19.1 Å². The zero-order chi connectivity index (χ0) is 16.6. The van der Waals surface area contributed by atoms with Crippen molar-refractivity contribution in [3.63, 3.8) is 0 Å². The Hall–Kier alpha value is -2.11. The minimum Gasteiger partial charge on any atom is -0.469 e. The van der Waals surface area contributed by atoms with E-state index in [2.05, 4.69) is 9.72 Å². The molecule has 0 spiro atoms. The van der Waals surface area contributed by atoms with Crippen molar-refractivity contribution in [2.45, 2.75) is 32.8 Å². The average molecular weight is 308 g/mol. The average Bonchev–Trinajstić information content (AvgIpc) is 2.97. The SMILES string of the molecule is COC(=O)[C@H]1CCN(C(=O)OC(C)(C)C)C1.c1ccncc1. The van der Waals surface area contributed by atoms with Gasteiger partial charge in [-0.1, -0.05) is 6.07 Å². The van der Waals surface area contributed by atoms with Crippen LogP contribution in [0.5, 0.6) is 0 Å². The van der Waals surface area contributed by atoms with E-state index in [-0.39, 0.29) is 18.0 Å². The van der Waals surface area contributed by atoms with Gasteiger partial charge in [0, 0.05) is 25.5 Å². The highest BCUT2D eigenvalue weighted by atomic mass is 16.6. The predicted octanol–water partition coefficient (Wildman–Crippen LogP) is 2.50. The van der Waals surface area contributed by atoms with Crippen molar-refractivity contribution in [1.82, 2.24) is 9.88 Å². The Labute approximate surface area is 131 Å². The number of methoxy groups -OCH3 is 1. The molecule has 1 saturated heterocycles. The second kappa shape index (κ2) is 8.36. The van der Waals surface area contributed by atoms with Crippen molar-refractivity contribution in [2.75, 3.05) is 20.2 Å². The van der Waals surface area contributed by atoms with Gasteiger partial charge in [0.1, 0.15) is 5.60 Å². The van der Waals surface area contributed by atoms with E-state index in [4.69, 9.17) is 4.74 Å². The zero-order valence-electron chi connectivity index (χ0n) is 13.6. The molecule has 2 rings (SSSR count). The Kier molecular flexibility index (Phi) is 6.82. The van der Waals surface area contributed by atoms with Gasteiger partial charge in [-0.05, 0) is 39.3 Å². The number of carbonyl (C=O) groups excluding carboxylic acids is 2. The van der Waals surface area contributed by atoms with E-state index in [1.54, 1.807) is 17.3 Å². The van der Waals surface area contributed by atoms with Crippen LogP contribution in [0, 0.1) is 5.92 Å². The third kappa shape index (κ3) is 6.56. The minimum absolute atomic E-state index is 0.211. The van der Waals surface area contributed by atoms with Crippen molar-refractivity contribution in [1.29, 1.82) is 0 Å². The lowest BCUT2D eigenvalue weighted by molar-refractivity contribution is -0.144. The van der Waals surface area contributed by atoms with Crippen LogP contribution in [0.2, 0.25) is 0 Å². The minimum atomic E-state index is -0.500. The first-order valence-corrected chi connectivity index (χ1v) is 7.24. The number of hydrogen-bond donors (Lipinski definition) is 0. The van der Waals surface area contributed by atoms with Crippen LogP contribution in [0.15, 0.2) is 30.6 Å². The van der Waals surface area contributed by atoms with Crippen LogP contribution in [-0.4, -0.2) is 47.7 Å². The lowest BCUT2D eigenvalue weighted by Crippen LogP contribution is -2.36. The van der Waals surface area contributed by atoms with Gasteiger partial charge >= 0.3 is 12.1 Å². The molecule has 22 heavy (non-hydrogen) atoms. The second-order valence-corrected chi connectivity index (χ2v) is 5.96. The normalized spacial score (nSPS) is 17.3. The van der Waals surface area contributed by atoms with Gasteiger partial charge in [-0.2, -0.15) is 0 Å². The monoisotopic (exact) mass is 308 g/mol. The van der Waals surface area contributed by atoms with Crippen LogP contribution in [-0.2, 0) is 14.3 Å². The smallest absolute Gasteiger partial charge is 0.410 e. The number of nitrogens with zero attached hydrogens (tertiary/aromatic N) is 2. The van der Waals surface area contributed by atoms with E-state index in [9.17, 15) is 9.59 Å². The topological polar surface area (TPSA) is 68.7 Å². The van der Waals surface area contributed by atoms with E-state index < -0.39 is 5.60 Å². The second-order valence-electron chi connectivity index (χ2n) is 5.96. The molecule has 1 aliphatic rings. The number of ether oxygens (including phenoxy) is 2. The summed E-state index contributed by atoms with van der Waals surface area (Å²) in [5.41, 5.74) is -0.500. The third-order valence-electron chi connectivity index (χ3n) is 2.94. The summed E-state index contributed by atoms with van der Waals surface area (Å²) in [6, 6.07) is 5.72. The van der Waals surface area contributed by atoms with Crippen LogP contribution < -0.4 is 0 Å². The van der Waals surface area contributed by atoms with Crippen molar-refractivity contribution in [3.8, 4) is 0 Å². The summed E-state index contributed by atoms with van der Waals surface area (Å²) in [5.74, 6) is -0.469. The van der Waals surface area contributed by atoms with Crippen LogP contribution in [0.25, 0.3) is 0 Å². The quantitative estimate of drug-likeness (QED) is 0.746. The lowest BCUT2D eigenvalue weighted by atomic mass is 10.1. The van der Waals surface area contributed by atoms with Crippen LogP contribution in [0.4, 0.5) is 4.79 Å². The Morgan fingerprint density at radius 3 is 2.23 bits per heavy atom. The van der Waals surface area contributed by atoms with Gasteiger partial charge < -0.3 is 14.4 Å². The number of pyridine rings is 1. The number of likely N-dealkylation sites (tertiary alicyclic amines) is 1. The molecule has 0 aromatic carbocycles. The molecule has 0 bridgehead atoms. The first-order chi connectivity index (χ1) is 10.3. The van der Waals surface area contributed by atoms with Gasteiger partial charge in [0.2, 0.25) is 0 Å². The summed E-state index contributed by atoms with van der Waals surface area (Å²) < 4.78 is 9.86. The summed E-state index contributed by atoms with van der Waals surface area (Å²) in [4.78, 5) is 28.3. The number of carbonyl (C=O) groups is 2. The maximum Gasteiger partial charge on any atom is 0.410 e. The maximum atomic E-state index is 11.7. The summed E-state index contributed by atoms with van der Waals surface area (Å²) in [5, 5.41) is 0. The lowest BCUT2D eigenvalue weighted by Gasteiger charge is -2.24. The molecule has 2 heterocycles. The molecule has 6 heteroatoms. The van der Waals surface area contributed by atoms with E-state index >= 15 is 0 Å². The standard InChI is InChI=1S/C11H19NO4.C5H5N/c1-11(2,3)16-10(14)12-6-5-8(7-12)9(13)15-4;1-2-4-6-5-3-1/h8H,5-7H2,1-4H3;1-5H/t8-;/m0./s1. The van der Waals surface area contributed by atoms with E-state index in [0.717, 1.165) is 0 Å². The summed E-state index contributed by atoms with van der Waals surface area (Å²) in [6.45, 7) is 6.40. The van der Waals surface area contributed by atoms with E-state index in [1.165, 1.54) is 7.11 Å². The fourth-order valence-electron chi connectivity index (χ4n) is 1.92. The first kappa shape index (κ1) is 17.9. The Bertz CT molecular complexity index is 444. The fraction of sp³-hybridized carbons (Fsp3) is 0.562. The third-order valence-corrected chi connectivity index (χ3v) is 2.94. The number of aromatic nitrogens is 1. The van der Waals surface area contributed by atoms with E-state index in [0.29, 0.717) is 19.5 Å². The number of rotatable bonds is 1. The number of amides is 1. The van der Waals surface area contributed by atoms with Gasteiger partial charge in [-0.25, -0.2) is 4.79 Å². The summed E-state index contributed by atoms with van der Waals surface area (Å²) >= 11 is 0. The largest absolute Gasteiger partial charge is 0.469 e. The molecule has 0 N–H and O–H groups in total. The van der Waals surface area contributed by atoms with Gasteiger partial charge in [-0.15, -0.1) is 0 Å². The van der Waals surface area contributed by atoms with Gasteiger partial charge in [0.05, 0.1) is 13.0 Å². The molecule has 0 unspecified atom stereocenters.